The molecular formula is C17H13ClF6O. The van der Waals surface area contributed by atoms with Gasteiger partial charge in [0.2, 0.25) is 0 Å². The van der Waals surface area contributed by atoms with E-state index in [-0.39, 0.29) is 21.9 Å². The number of benzene rings is 2. The normalized spacial score (nSPS) is 12.3. The van der Waals surface area contributed by atoms with Crippen LogP contribution in [-0.2, 0) is 12.6 Å². The molecule has 25 heavy (non-hydrogen) atoms. The molecule has 0 aliphatic rings. The number of ether oxygens (including phenoxy) is 1. The summed E-state index contributed by atoms with van der Waals surface area (Å²) in [5.74, 6) is -0.301. The second-order valence-corrected chi connectivity index (χ2v) is 5.63. The minimum Gasteiger partial charge on any atom is -0.483 e. The van der Waals surface area contributed by atoms with E-state index in [4.69, 9.17) is 16.3 Å². The average Bonchev–Trinajstić information content (AvgIpc) is 2.52. The van der Waals surface area contributed by atoms with Gasteiger partial charge in [-0.2, -0.15) is 26.3 Å². The van der Waals surface area contributed by atoms with Gasteiger partial charge in [-0.25, -0.2) is 0 Å². The van der Waals surface area contributed by atoms with Gasteiger partial charge in [0.25, 0.3) is 0 Å². The van der Waals surface area contributed by atoms with Gasteiger partial charge < -0.3 is 4.74 Å². The molecule has 1 nitrogen and oxygen atoms in total. The number of hydrogen-bond acceptors (Lipinski definition) is 1. The van der Waals surface area contributed by atoms with Gasteiger partial charge in [0.15, 0.2) is 6.61 Å². The minimum atomic E-state index is -4.60. The van der Waals surface area contributed by atoms with E-state index in [0.29, 0.717) is 12.0 Å². The highest BCUT2D eigenvalue weighted by Gasteiger charge is 2.34. The zero-order valence-corrected chi connectivity index (χ0v) is 13.7. The highest BCUT2D eigenvalue weighted by atomic mass is 35.5. The monoisotopic (exact) mass is 382 g/mol. The van der Waals surface area contributed by atoms with Crippen LogP contribution in [0.1, 0.15) is 18.1 Å². The molecule has 8 heteroatoms. The van der Waals surface area contributed by atoms with Crippen LogP contribution in [-0.4, -0.2) is 12.8 Å². The highest BCUT2D eigenvalue weighted by Crippen LogP contribution is 2.40. The number of halogens is 7. The molecule has 0 bridgehead atoms. The van der Waals surface area contributed by atoms with Gasteiger partial charge in [-0.3, -0.25) is 0 Å². The van der Waals surface area contributed by atoms with Gasteiger partial charge in [0, 0.05) is 0 Å². The summed E-state index contributed by atoms with van der Waals surface area (Å²) in [6, 6.07) is 7.33. The topological polar surface area (TPSA) is 9.23 Å². The first kappa shape index (κ1) is 19.4. The van der Waals surface area contributed by atoms with Crippen molar-refractivity contribution in [3.63, 3.8) is 0 Å². The van der Waals surface area contributed by atoms with E-state index in [1.54, 1.807) is 6.92 Å². The Kier molecular flexibility index (Phi) is 5.56. The molecule has 0 N–H and O–H groups in total. The average molecular weight is 383 g/mol. The minimum absolute atomic E-state index is 0.0417. The summed E-state index contributed by atoms with van der Waals surface area (Å²) in [6.45, 7) is 0.106. The van der Waals surface area contributed by atoms with Crippen LogP contribution >= 0.6 is 11.6 Å². The molecule has 0 saturated heterocycles. The lowest BCUT2D eigenvalue weighted by atomic mass is 9.96. The summed E-state index contributed by atoms with van der Waals surface area (Å²) < 4.78 is 81.4. The van der Waals surface area contributed by atoms with Crippen LogP contribution in [0.3, 0.4) is 0 Å². The molecule has 0 fully saturated rings. The van der Waals surface area contributed by atoms with E-state index in [1.165, 1.54) is 24.3 Å². The van der Waals surface area contributed by atoms with Crippen LogP contribution in [0, 0.1) is 0 Å². The molecule has 0 saturated carbocycles. The zero-order chi connectivity index (χ0) is 18.8. The molecule has 0 aliphatic heterocycles. The molecule has 0 radical (unpaired) electrons. The third-order valence-electron chi connectivity index (χ3n) is 3.43. The van der Waals surface area contributed by atoms with Crippen LogP contribution < -0.4 is 4.74 Å². The summed E-state index contributed by atoms with van der Waals surface area (Å²) in [6.07, 6.45) is -8.87. The van der Waals surface area contributed by atoms with Crippen molar-refractivity contribution < 1.29 is 31.1 Å². The smallest absolute Gasteiger partial charge is 0.422 e. The van der Waals surface area contributed by atoms with Crippen molar-refractivity contribution in [2.75, 3.05) is 6.61 Å². The Morgan fingerprint density at radius 1 is 1.00 bits per heavy atom. The molecule has 0 aliphatic carbocycles. The van der Waals surface area contributed by atoms with Crippen molar-refractivity contribution in [2.45, 2.75) is 25.7 Å². The van der Waals surface area contributed by atoms with Gasteiger partial charge in [-0.15, -0.1) is 0 Å². The molecule has 136 valence electrons. The number of rotatable bonds is 4. The van der Waals surface area contributed by atoms with E-state index < -0.39 is 24.5 Å². The fraction of sp³-hybridized carbons (Fsp3) is 0.294. The predicted molar refractivity (Wildman–Crippen MR) is 82.8 cm³/mol. The first-order chi connectivity index (χ1) is 11.5. The van der Waals surface area contributed by atoms with E-state index >= 15 is 0 Å². The van der Waals surface area contributed by atoms with Crippen LogP contribution in [0.5, 0.6) is 5.75 Å². The lowest BCUT2D eigenvalue weighted by molar-refractivity contribution is -0.153. The quantitative estimate of drug-likeness (QED) is 0.546. The molecular weight excluding hydrogens is 370 g/mol. The number of alkyl halides is 6. The number of hydrogen-bond donors (Lipinski definition) is 0. The van der Waals surface area contributed by atoms with E-state index in [0.717, 1.165) is 12.1 Å². The van der Waals surface area contributed by atoms with E-state index in [1.807, 2.05) is 0 Å². The Morgan fingerprint density at radius 3 is 2.20 bits per heavy atom. The maximum atomic E-state index is 13.2. The second-order valence-electron chi connectivity index (χ2n) is 5.25. The van der Waals surface area contributed by atoms with Gasteiger partial charge in [-0.05, 0) is 41.3 Å². The largest absolute Gasteiger partial charge is 0.483 e. The molecule has 0 amide bonds. The molecule has 0 aromatic heterocycles. The lowest BCUT2D eigenvalue weighted by Crippen LogP contribution is -2.19. The third-order valence-corrected chi connectivity index (χ3v) is 3.86. The Balaban J connectivity index is 2.56. The van der Waals surface area contributed by atoms with Crippen molar-refractivity contribution in [3.05, 3.63) is 52.5 Å². The van der Waals surface area contributed by atoms with Gasteiger partial charge >= 0.3 is 12.4 Å². The summed E-state index contributed by atoms with van der Waals surface area (Å²) in [5, 5.41) is -0.0417. The fourth-order valence-electron chi connectivity index (χ4n) is 2.31. The highest BCUT2D eigenvalue weighted by molar-refractivity contribution is 6.33. The van der Waals surface area contributed by atoms with Crippen LogP contribution in [0.15, 0.2) is 36.4 Å². The molecule has 2 rings (SSSR count). The SMILES string of the molecule is CCc1cc(-c2ccccc2C(F)(F)F)cc(OCC(F)(F)F)c1Cl. The van der Waals surface area contributed by atoms with E-state index in [2.05, 4.69) is 0 Å². The van der Waals surface area contributed by atoms with Crippen molar-refractivity contribution in [1.82, 2.24) is 0 Å². The van der Waals surface area contributed by atoms with Gasteiger partial charge in [-0.1, -0.05) is 36.7 Å². The Bertz CT molecular complexity index is 752. The molecule has 0 spiro atoms. The van der Waals surface area contributed by atoms with Crippen LogP contribution in [0.4, 0.5) is 26.3 Å². The standard InChI is InChI=1S/C17H13ClF6O/c1-2-10-7-11(8-14(15(10)18)25-9-16(19,20)21)12-5-3-4-6-13(12)17(22,23)24/h3-8H,2,9H2,1H3. The van der Waals surface area contributed by atoms with Gasteiger partial charge in [0.05, 0.1) is 10.6 Å². The van der Waals surface area contributed by atoms with Crippen LogP contribution in [0.2, 0.25) is 5.02 Å². The van der Waals surface area contributed by atoms with Gasteiger partial charge in [0.1, 0.15) is 5.75 Å². The maximum absolute atomic E-state index is 13.2. The van der Waals surface area contributed by atoms with Crippen molar-refractivity contribution in [2.24, 2.45) is 0 Å². The molecule has 2 aromatic rings. The molecule has 0 unspecified atom stereocenters. The van der Waals surface area contributed by atoms with Crippen molar-refractivity contribution in [3.8, 4) is 16.9 Å². The summed E-state index contributed by atoms with van der Waals surface area (Å²) in [7, 11) is 0. The zero-order valence-electron chi connectivity index (χ0n) is 12.9. The third kappa shape index (κ3) is 4.81. The first-order valence-electron chi connectivity index (χ1n) is 7.21. The van der Waals surface area contributed by atoms with E-state index in [9.17, 15) is 26.3 Å². The molecule has 0 atom stereocenters. The predicted octanol–water partition coefficient (Wildman–Crippen LogP) is 6.53. The Hall–Kier alpha value is -1.89. The summed E-state index contributed by atoms with van der Waals surface area (Å²) >= 11 is 6.01. The maximum Gasteiger partial charge on any atom is 0.422 e. The number of aryl methyl sites for hydroxylation is 1. The summed E-state index contributed by atoms with van der Waals surface area (Å²) in [5.41, 5.74) is -0.556. The molecule has 2 aromatic carbocycles. The Labute approximate surface area is 145 Å². The fourth-order valence-corrected chi connectivity index (χ4v) is 2.61. The Morgan fingerprint density at radius 2 is 1.64 bits per heavy atom. The van der Waals surface area contributed by atoms with Crippen LogP contribution in [0.25, 0.3) is 11.1 Å². The first-order valence-corrected chi connectivity index (χ1v) is 7.59. The second kappa shape index (κ2) is 7.15. The lowest BCUT2D eigenvalue weighted by Gasteiger charge is -2.17. The van der Waals surface area contributed by atoms with Crippen molar-refractivity contribution >= 4 is 11.6 Å². The van der Waals surface area contributed by atoms with Crippen molar-refractivity contribution in [1.29, 1.82) is 0 Å². The molecule has 0 heterocycles. The summed E-state index contributed by atoms with van der Waals surface area (Å²) in [4.78, 5) is 0.